The lowest BCUT2D eigenvalue weighted by molar-refractivity contribution is -0.876. The molecule has 0 aromatic heterocycles. The predicted octanol–water partition coefficient (Wildman–Crippen LogP) is -0.544. The smallest absolute Gasteiger partial charge is 0.349 e. The number of guanidine groups is 1. The standard InChI is InChI=1S/C17H42N5O2.2ClH/c1-18(2)17(19(3)4)20(11-15(23)13-21(5,6)7)12-16(24)14-22(8,9)10;;/h15-16,23-24H,11-14H2,1-10H3;2*1H/q+3;;. The molecule has 0 spiro atoms. The van der Waals surface area contributed by atoms with Gasteiger partial charge in [-0.3, -0.25) is 14.4 Å². The second-order valence-electron chi connectivity index (χ2n) is 9.25. The molecular weight excluding hydrogens is 377 g/mol. The van der Waals surface area contributed by atoms with E-state index in [0.29, 0.717) is 35.1 Å². The zero-order chi connectivity index (χ0) is 19.3. The maximum atomic E-state index is 10.5. The van der Waals surface area contributed by atoms with Crippen molar-refractivity contribution < 1.29 is 23.8 Å². The molecule has 0 aromatic carbocycles. The van der Waals surface area contributed by atoms with Crippen LogP contribution in [-0.4, -0.2) is 148 Å². The summed E-state index contributed by atoms with van der Waals surface area (Å²) in [6.07, 6.45) is -0.924. The number of aliphatic hydroxyl groups excluding tert-OH is 2. The van der Waals surface area contributed by atoms with Crippen molar-refractivity contribution in [3.63, 3.8) is 0 Å². The van der Waals surface area contributed by atoms with Crippen LogP contribution >= 0.6 is 24.8 Å². The Kier molecular flexibility index (Phi) is 14.3. The van der Waals surface area contributed by atoms with E-state index in [2.05, 4.69) is 46.9 Å². The maximum absolute atomic E-state index is 10.5. The van der Waals surface area contributed by atoms with Crippen LogP contribution in [0, 0.1) is 0 Å². The fourth-order valence-electron chi connectivity index (χ4n) is 3.09. The Labute approximate surface area is 173 Å². The van der Waals surface area contributed by atoms with E-state index in [0.717, 1.165) is 5.96 Å². The number of rotatable bonds is 8. The largest absolute Gasteiger partial charge is 0.384 e. The first kappa shape index (κ1) is 30.4. The van der Waals surface area contributed by atoms with E-state index in [-0.39, 0.29) is 24.8 Å². The van der Waals surface area contributed by atoms with Gasteiger partial charge < -0.3 is 19.2 Å². The molecule has 0 heterocycles. The third kappa shape index (κ3) is 13.8. The summed E-state index contributed by atoms with van der Waals surface area (Å²) in [7, 11) is 20.4. The Morgan fingerprint density at radius 2 is 1.00 bits per heavy atom. The van der Waals surface area contributed by atoms with Crippen molar-refractivity contribution in [2.75, 3.05) is 96.7 Å². The molecule has 160 valence electrons. The molecule has 0 aliphatic rings. The van der Waals surface area contributed by atoms with E-state index in [9.17, 15) is 10.2 Å². The van der Waals surface area contributed by atoms with Crippen molar-refractivity contribution in [2.45, 2.75) is 12.2 Å². The van der Waals surface area contributed by atoms with Gasteiger partial charge in [0.1, 0.15) is 25.3 Å². The molecule has 2 atom stereocenters. The molecule has 7 nitrogen and oxygen atoms in total. The topological polar surface area (TPSA) is 50.0 Å². The number of aliphatic hydroxyl groups is 2. The molecule has 0 fully saturated rings. The predicted molar refractivity (Wildman–Crippen MR) is 115 cm³/mol. The molecule has 0 rings (SSSR count). The average Bonchev–Trinajstić information content (AvgIpc) is 2.20. The van der Waals surface area contributed by atoms with Crippen molar-refractivity contribution in [3.8, 4) is 0 Å². The highest BCUT2D eigenvalue weighted by molar-refractivity contribution is 5.85. The molecule has 0 radical (unpaired) electrons. The molecule has 0 aliphatic heterocycles. The van der Waals surface area contributed by atoms with Gasteiger partial charge in [-0.1, -0.05) is 0 Å². The Morgan fingerprint density at radius 1 is 0.731 bits per heavy atom. The van der Waals surface area contributed by atoms with Gasteiger partial charge in [-0.25, -0.2) is 0 Å². The van der Waals surface area contributed by atoms with Crippen LogP contribution in [0.5, 0.6) is 0 Å². The van der Waals surface area contributed by atoms with E-state index in [4.69, 9.17) is 0 Å². The summed E-state index contributed by atoms with van der Waals surface area (Å²) < 4.78 is 3.49. The molecule has 2 unspecified atom stereocenters. The molecular formula is C17H44Cl2N5O2+3. The lowest BCUT2D eigenvalue weighted by atomic mass is 10.2. The molecule has 26 heavy (non-hydrogen) atoms. The SMILES string of the molecule is CN(C)C(N(C)C)=[N+](CC(O)C[N+](C)(C)C)CC(O)C[N+](C)(C)C.Cl.Cl. The Morgan fingerprint density at radius 3 is 1.19 bits per heavy atom. The van der Waals surface area contributed by atoms with Crippen molar-refractivity contribution in [1.29, 1.82) is 0 Å². The molecule has 0 aromatic rings. The molecule has 9 heteroatoms. The Bertz CT molecular complexity index is 382. The highest BCUT2D eigenvalue weighted by Crippen LogP contribution is 2.02. The summed E-state index contributed by atoms with van der Waals surface area (Å²) in [4.78, 5) is 4.05. The number of halogens is 2. The monoisotopic (exact) mass is 420 g/mol. The first-order valence-corrected chi connectivity index (χ1v) is 8.56. The lowest BCUT2D eigenvalue weighted by Gasteiger charge is -2.30. The summed E-state index contributed by atoms with van der Waals surface area (Å²) in [5.74, 6) is 0.982. The van der Waals surface area contributed by atoms with Crippen LogP contribution in [0.15, 0.2) is 0 Å². The quantitative estimate of drug-likeness (QED) is 0.239. The van der Waals surface area contributed by atoms with Crippen LogP contribution < -0.4 is 0 Å². The third-order valence-electron chi connectivity index (χ3n) is 3.46. The number of quaternary nitrogens is 2. The average molecular weight is 421 g/mol. The summed E-state index contributed by atoms with van der Waals surface area (Å²) in [6.45, 7) is 2.32. The fourth-order valence-corrected chi connectivity index (χ4v) is 3.09. The van der Waals surface area contributed by atoms with Crippen molar-refractivity contribution in [1.82, 2.24) is 9.80 Å². The van der Waals surface area contributed by atoms with Crippen LogP contribution in [0.25, 0.3) is 0 Å². The van der Waals surface area contributed by atoms with Gasteiger partial charge in [0.25, 0.3) is 0 Å². The highest BCUT2D eigenvalue weighted by Gasteiger charge is 2.27. The number of hydrogen-bond donors (Lipinski definition) is 2. The molecule has 0 aliphatic carbocycles. The first-order valence-electron chi connectivity index (χ1n) is 8.56. The van der Waals surface area contributed by atoms with Gasteiger partial charge in [-0.15, -0.1) is 24.8 Å². The van der Waals surface area contributed by atoms with E-state index in [1.165, 1.54) is 0 Å². The van der Waals surface area contributed by atoms with Crippen LogP contribution in [0.2, 0.25) is 0 Å². The van der Waals surface area contributed by atoms with Gasteiger partial charge in [0.15, 0.2) is 0 Å². The van der Waals surface area contributed by atoms with Crippen molar-refractivity contribution in [3.05, 3.63) is 0 Å². The highest BCUT2D eigenvalue weighted by atomic mass is 35.5. The van der Waals surface area contributed by atoms with Gasteiger partial charge in [-0.2, -0.15) is 0 Å². The van der Waals surface area contributed by atoms with Crippen molar-refractivity contribution >= 4 is 30.8 Å². The van der Waals surface area contributed by atoms with Gasteiger partial charge >= 0.3 is 5.96 Å². The molecule has 0 bridgehead atoms. The normalized spacial score (nSPS) is 13.8. The summed E-state index contributed by atoms with van der Waals surface area (Å²) in [6, 6.07) is 0. The van der Waals surface area contributed by atoms with E-state index >= 15 is 0 Å². The molecule has 2 N–H and O–H groups in total. The lowest BCUT2D eigenvalue weighted by Crippen LogP contribution is -2.52. The first-order chi connectivity index (χ1) is 10.6. The molecule has 0 saturated carbocycles. The van der Waals surface area contributed by atoms with Crippen LogP contribution in [0.3, 0.4) is 0 Å². The second-order valence-corrected chi connectivity index (χ2v) is 9.25. The number of nitrogens with zero attached hydrogens (tertiary/aromatic N) is 5. The minimum Gasteiger partial charge on any atom is -0.384 e. The number of likely N-dealkylation sites (N-methyl/N-ethyl adjacent to an activating group) is 2. The fraction of sp³-hybridized carbons (Fsp3) is 0.941. The summed E-state index contributed by atoms with van der Waals surface area (Å²) in [5, 5.41) is 21.0. The maximum Gasteiger partial charge on any atom is 0.349 e. The van der Waals surface area contributed by atoms with Gasteiger partial charge in [-0.05, 0) is 0 Å². The van der Waals surface area contributed by atoms with Crippen LogP contribution in [0.1, 0.15) is 0 Å². The van der Waals surface area contributed by atoms with Crippen LogP contribution in [0.4, 0.5) is 0 Å². The van der Waals surface area contributed by atoms with Gasteiger partial charge in [0.2, 0.25) is 0 Å². The van der Waals surface area contributed by atoms with E-state index in [1.807, 2.05) is 38.0 Å². The summed E-state index contributed by atoms with van der Waals surface area (Å²) in [5.41, 5.74) is 0. The Balaban J connectivity index is -0.00000264. The van der Waals surface area contributed by atoms with E-state index in [1.54, 1.807) is 0 Å². The number of hydrogen-bond acceptors (Lipinski definition) is 2. The minimum atomic E-state index is -0.462. The zero-order valence-corrected chi connectivity index (χ0v) is 20.1. The van der Waals surface area contributed by atoms with Gasteiger partial charge in [0.05, 0.1) is 83.6 Å². The molecule has 0 amide bonds. The van der Waals surface area contributed by atoms with Crippen molar-refractivity contribution in [2.24, 2.45) is 0 Å². The zero-order valence-electron chi connectivity index (χ0n) is 18.4. The molecule has 0 saturated heterocycles. The summed E-state index contributed by atoms with van der Waals surface area (Å²) >= 11 is 0. The van der Waals surface area contributed by atoms with E-state index < -0.39 is 12.2 Å². The van der Waals surface area contributed by atoms with Crippen LogP contribution in [-0.2, 0) is 0 Å². The second kappa shape index (κ2) is 12.2. The minimum absolute atomic E-state index is 0. The third-order valence-corrected chi connectivity index (χ3v) is 3.46. The van der Waals surface area contributed by atoms with Gasteiger partial charge in [0, 0.05) is 0 Å². The Hall–Kier alpha value is -0.310.